The Labute approximate surface area is 296 Å². The zero-order valence-electron chi connectivity index (χ0n) is 28.5. The summed E-state index contributed by atoms with van der Waals surface area (Å²) in [5.74, 6) is -1.17. The van der Waals surface area contributed by atoms with E-state index >= 15 is 4.79 Å². The van der Waals surface area contributed by atoms with E-state index in [9.17, 15) is 20.2 Å². The highest BCUT2D eigenvalue weighted by Crippen LogP contribution is 2.50. The number of nitrogens with zero attached hydrogens (tertiary/aromatic N) is 6. The molecule has 52 heavy (non-hydrogen) atoms. The molecule has 0 N–H and O–H groups in total. The Balaban J connectivity index is 1.67. The van der Waals surface area contributed by atoms with Crippen LogP contribution in [0.3, 0.4) is 0 Å². The fraction of sp³-hybridized carbons (Fsp3) is 0.162. The van der Waals surface area contributed by atoms with Crippen molar-refractivity contribution in [2.24, 2.45) is 0 Å². The predicted octanol–water partition coefficient (Wildman–Crippen LogP) is 6.59. The van der Waals surface area contributed by atoms with Gasteiger partial charge in [-0.1, -0.05) is 60.7 Å². The Bertz CT molecular complexity index is 2130. The zero-order valence-corrected chi connectivity index (χ0v) is 28.5. The van der Waals surface area contributed by atoms with Gasteiger partial charge in [-0.3, -0.25) is 25.0 Å². The quantitative estimate of drug-likeness (QED) is 0.0679. The van der Waals surface area contributed by atoms with Crippen LogP contribution in [0.4, 0.5) is 11.4 Å². The van der Waals surface area contributed by atoms with Gasteiger partial charge in [0, 0.05) is 61.1 Å². The van der Waals surface area contributed by atoms with Crippen LogP contribution in [0.1, 0.15) is 27.0 Å². The van der Waals surface area contributed by atoms with E-state index in [2.05, 4.69) is 9.97 Å². The maximum Gasteiger partial charge on any atom is 0.315 e. The molecule has 0 aliphatic rings. The van der Waals surface area contributed by atoms with Gasteiger partial charge in [-0.15, -0.1) is 0 Å². The van der Waals surface area contributed by atoms with Crippen LogP contribution in [0.25, 0.3) is 22.8 Å². The number of carbonyl (C=O) groups excluding carboxylic acids is 1. The molecule has 2 heterocycles. The number of aromatic nitrogens is 4. The minimum Gasteiger partial charge on any atom is -0.492 e. The third-order valence-corrected chi connectivity index (χ3v) is 8.40. The molecule has 15 heteroatoms. The van der Waals surface area contributed by atoms with E-state index in [4.69, 9.17) is 18.9 Å². The lowest BCUT2D eigenvalue weighted by Gasteiger charge is -2.20. The molecule has 6 rings (SSSR count). The first-order valence-electron chi connectivity index (χ1n) is 15.7. The van der Waals surface area contributed by atoms with E-state index in [0.717, 1.165) is 23.3 Å². The van der Waals surface area contributed by atoms with E-state index in [1.54, 1.807) is 21.5 Å². The normalized spacial score (nSPS) is 10.8. The number of ether oxygens (including phenoxy) is 4. The summed E-state index contributed by atoms with van der Waals surface area (Å²) in [4.78, 5) is 47.8. The van der Waals surface area contributed by atoms with E-state index < -0.39 is 27.0 Å². The minimum absolute atomic E-state index is 0.0619. The lowest BCUT2D eigenvalue weighted by molar-refractivity contribution is -0.385. The highest BCUT2D eigenvalue weighted by atomic mass is 16.6. The van der Waals surface area contributed by atoms with Crippen molar-refractivity contribution in [2.45, 2.75) is 13.1 Å². The maximum atomic E-state index is 15.2. The van der Waals surface area contributed by atoms with Crippen molar-refractivity contribution in [1.29, 1.82) is 0 Å². The van der Waals surface area contributed by atoms with E-state index in [0.29, 0.717) is 13.1 Å². The van der Waals surface area contributed by atoms with Gasteiger partial charge in [0.25, 0.3) is 0 Å². The van der Waals surface area contributed by atoms with Gasteiger partial charge in [-0.2, -0.15) is 0 Å². The molecule has 0 aliphatic carbocycles. The fourth-order valence-corrected chi connectivity index (χ4v) is 6.15. The Morgan fingerprint density at radius 3 is 1.31 bits per heavy atom. The van der Waals surface area contributed by atoms with Crippen molar-refractivity contribution in [1.82, 2.24) is 19.1 Å². The zero-order chi connectivity index (χ0) is 36.9. The third kappa shape index (κ3) is 6.37. The smallest absolute Gasteiger partial charge is 0.315 e. The summed E-state index contributed by atoms with van der Waals surface area (Å²) in [6.07, 6.45) is 6.42. The van der Waals surface area contributed by atoms with Gasteiger partial charge in [0.05, 0.1) is 49.4 Å². The largest absolute Gasteiger partial charge is 0.492 e. The molecule has 0 fully saturated rings. The second-order valence-electron chi connectivity index (χ2n) is 11.3. The number of imidazole rings is 2. The lowest BCUT2D eigenvalue weighted by atomic mass is 9.91. The molecule has 264 valence electrons. The summed E-state index contributed by atoms with van der Waals surface area (Å²) < 4.78 is 25.9. The molecular formula is C37H32N6O9. The summed E-state index contributed by atoms with van der Waals surface area (Å²) >= 11 is 0. The summed E-state index contributed by atoms with van der Waals surface area (Å²) in [5, 5.41) is 24.9. The lowest BCUT2D eigenvalue weighted by Crippen LogP contribution is -2.14. The van der Waals surface area contributed by atoms with Gasteiger partial charge in [0.1, 0.15) is 11.6 Å². The molecular weight excluding hydrogens is 672 g/mol. The highest BCUT2D eigenvalue weighted by molar-refractivity contribution is 6.18. The van der Waals surface area contributed by atoms with Crippen molar-refractivity contribution in [2.75, 3.05) is 28.4 Å². The standard InChI is InChI=1S/C37H32N6O9/c1-49-32-27(42(45)46)19-25(29(34(32)51-3)36-38-15-17-40(36)21-23-11-7-5-8-12-23)31(44)26-20-28(43(47)48)33(50-2)35(52-4)30(26)37-39-16-18-41(37)22-24-13-9-6-10-14-24/h5-20H,21-22H2,1-4H3. The summed E-state index contributed by atoms with van der Waals surface area (Å²) in [6, 6.07) is 21.0. The van der Waals surface area contributed by atoms with Crippen molar-refractivity contribution in [3.05, 3.63) is 140 Å². The fourth-order valence-electron chi connectivity index (χ4n) is 6.15. The van der Waals surface area contributed by atoms with Gasteiger partial charge in [-0.25, -0.2) is 9.97 Å². The molecule has 0 bridgehead atoms. The van der Waals surface area contributed by atoms with Gasteiger partial charge in [0.2, 0.25) is 11.5 Å². The van der Waals surface area contributed by atoms with E-state index in [-0.39, 0.29) is 56.9 Å². The summed E-state index contributed by atoms with van der Waals surface area (Å²) in [6.45, 7) is 0.631. The minimum atomic E-state index is -0.846. The van der Waals surface area contributed by atoms with Crippen LogP contribution in [-0.4, -0.2) is 63.2 Å². The number of benzene rings is 4. The number of nitro groups is 2. The van der Waals surface area contributed by atoms with Crippen LogP contribution in [0, 0.1) is 20.2 Å². The van der Waals surface area contributed by atoms with Crippen molar-refractivity contribution < 1.29 is 33.6 Å². The van der Waals surface area contributed by atoms with Crippen LogP contribution in [-0.2, 0) is 13.1 Å². The number of hydrogen-bond acceptors (Lipinski definition) is 11. The van der Waals surface area contributed by atoms with Gasteiger partial charge in [0.15, 0.2) is 17.3 Å². The molecule has 4 aromatic carbocycles. The number of ketones is 1. The monoisotopic (exact) mass is 704 g/mol. The Morgan fingerprint density at radius 2 is 0.981 bits per heavy atom. The van der Waals surface area contributed by atoms with Crippen LogP contribution < -0.4 is 18.9 Å². The molecule has 0 saturated carbocycles. The number of nitro benzene ring substituents is 2. The van der Waals surface area contributed by atoms with Crippen LogP contribution in [0.2, 0.25) is 0 Å². The van der Waals surface area contributed by atoms with Gasteiger partial charge >= 0.3 is 11.4 Å². The number of hydrogen-bond donors (Lipinski definition) is 0. The van der Waals surface area contributed by atoms with E-state index in [1.165, 1.54) is 40.8 Å². The average Bonchev–Trinajstić information content (AvgIpc) is 3.82. The maximum absolute atomic E-state index is 15.2. The molecule has 0 saturated heterocycles. The van der Waals surface area contributed by atoms with E-state index in [1.807, 2.05) is 60.7 Å². The topological polar surface area (TPSA) is 176 Å². The molecule has 0 radical (unpaired) electrons. The second kappa shape index (κ2) is 14.8. The summed E-state index contributed by atoms with van der Waals surface area (Å²) in [7, 11) is 5.07. The Kier molecular flexibility index (Phi) is 9.94. The SMILES string of the molecule is COc1c([N+](=O)[O-])cc(C(=O)c2cc([N+](=O)[O-])c(OC)c(OC)c2-c2nccn2Cc2ccccc2)c(-c2nccn2Cc2ccccc2)c1OC. The Hall–Kier alpha value is -7.03. The first kappa shape index (κ1) is 34.8. The molecule has 0 unspecified atom stereocenters. The second-order valence-corrected chi connectivity index (χ2v) is 11.3. The van der Waals surface area contributed by atoms with Crippen molar-refractivity contribution >= 4 is 17.2 Å². The Morgan fingerprint density at radius 1 is 0.615 bits per heavy atom. The van der Waals surface area contributed by atoms with Gasteiger partial charge < -0.3 is 28.1 Å². The van der Waals surface area contributed by atoms with Crippen molar-refractivity contribution in [3.63, 3.8) is 0 Å². The molecule has 2 aromatic heterocycles. The first-order valence-corrected chi connectivity index (χ1v) is 15.7. The highest BCUT2D eigenvalue weighted by Gasteiger charge is 2.37. The molecule has 15 nitrogen and oxygen atoms in total. The molecule has 0 aliphatic heterocycles. The molecule has 0 spiro atoms. The number of carbonyl (C=O) groups is 1. The van der Waals surface area contributed by atoms with Crippen molar-refractivity contribution in [3.8, 4) is 45.8 Å². The summed E-state index contributed by atoms with van der Waals surface area (Å²) in [5.41, 5.74) is 0.307. The molecule has 0 amide bonds. The van der Waals surface area contributed by atoms with Crippen LogP contribution in [0.15, 0.2) is 97.6 Å². The van der Waals surface area contributed by atoms with Crippen LogP contribution >= 0.6 is 0 Å². The predicted molar refractivity (Wildman–Crippen MR) is 189 cm³/mol. The first-order chi connectivity index (χ1) is 25.2. The molecule has 0 atom stereocenters. The average molecular weight is 705 g/mol. The molecule has 6 aromatic rings. The third-order valence-electron chi connectivity index (χ3n) is 8.40. The number of rotatable bonds is 14. The van der Waals surface area contributed by atoms with Crippen LogP contribution in [0.5, 0.6) is 23.0 Å². The van der Waals surface area contributed by atoms with Gasteiger partial charge in [-0.05, 0) is 11.1 Å². The number of methoxy groups -OCH3 is 4.